The summed E-state index contributed by atoms with van der Waals surface area (Å²) in [5.74, 6) is 0. The number of hydrogen-bond donors (Lipinski definition) is 0. The summed E-state index contributed by atoms with van der Waals surface area (Å²) in [5.41, 5.74) is -0.212. The van der Waals surface area contributed by atoms with E-state index in [0.717, 1.165) is 17.7 Å². The van der Waals surface area contributed by atoms with Gasteiger partial charge in [-0.2, -0.15) is 13.2 Å². The lowest BCUT2D eigenvalue weighted by Gasteiger charge is -2.07. The van der Waals surface area contributed by atoms with Crippen LogP contribution >= 0.6 is 11.3 Å². The maximum Gasteiger partial charge on any atom is 0.406 e. The SMILES string of the molecule is O=c1c2sccc2ncn1CC(F)(F)F. The largest absolute Gasteiger partial charge is 0.406 e. The van der Waals surface area contributed by atoms with E-state index in [4.69, 9.17) is 0 Å². The summed E-state index contributed by atoms with van der Waals surface area (Å²) in [6.07, 6.45) is -3.48. The molecule has 0 unspecified atom stereocenters. The Kier molecular flexibility index (Phi) is 2.26. The molecule has 2 rings (SSSR count). The highest BCUT2D eigenvalue weighted by molar-refractivity contribution is 7.17. The van der Waals surface area contributed by atoms with E-state index in [-0.39, 0.29) is 4.70 Å². The Balaban J connectivity index is 2.53. The van der Waals surface area contributed by atoms with E-state index in [1.807, 2.05) is 0 Å². The van der Waals surface area contributed by atoms with Gasteiger partial charge in [-0.1, -0.05) is 0 Å². The van der Waals surface area contributed by atoms with Gasteiger partial charge in [0.05, 0.1) is 11.8 Å². The molecule has 7 heteroatoms. The lowest BCUT2D eigenvalue weighted by molar-refractivity contribution is -0.141. The molecule has 0 bridgehead atoms. The van der Waals surface area contributed by atoms with Gasteiger partial charge in [0.2, 0.25) is 0 Å². The normalized spacial score (nSPS) is 12.2. The van der Waals surface area contributed by atoms with Gasteiger partial charge in [0.1, 0.15) is 11.2 Å². The molecule has 2 aromatic heterocycles. The lowest BCUT2D eigenvalue weighted by Crippen LogP contribution is -2.27. The summed E-state index contributed by atoms with van der Waals surface area (Å²) in [6.45, 7) is -1.30. The highest BCUT2D eigenvalue weighted by Gasteiger charge is 2.28. The fourth-order valence-corrected chi connectivity index (χ4v) is 1.98. The second kappa shape index (κ2) is 3.34. The van der Waals surface area contributed by atoms with Crippen molar-refractivity contribution in [3.05, 3.63) is 28.1 Å². The number of rotatable bonds is 1. The topological polar surface area (TPSA) is 34.9 Å². The minimum Gasteiger partial charge on any atom is -0.289 e. The molecule has 2 aromatic rings. The number of fused-ring (bicyclic) bond motifs is 1. The van der Waals surface area contributed by atoms with Crippen molar-refractivity contribution in [3.63, 3.8) is 0 Å². The summed E-state index contributed by atoms with van der Waals surface area (Å²) in [7, 11) is 0. The average Bonchev–Trinajstić information content (AvgIpc) is 2.56. The molecule has 0 aliphatic rings. The Bertz CT molecular complexity index is 543. The van der Waals surface area contributed by atoms with Gasteiger partial charge in [-0.25, -0.2) is 4.98 Å². The molecule has 0 atom stereocenters. The van der Waals surface area contributed by atoms with E-state index < -0.39 is 18.3 Å². The fraction of sp³-hybridized carbons (Fsp3) is 0.250. The first-order chi connectivity index (χ1) is 6.97. The van der Waals surface area contributed by atoms with Gasteiger partial charge in [-0.3, -0.25) is 9.36 Å². The molecule has 80 valence electrons. The number of thiophene rings is 1. The number of halogens is 3. The van der Waals surface area contributed by atoms with Crippen LogP contribution in [0.15, 0.2) is 22.6 Å². The number of alkyl halides is 3. The van der Waals surface area contributed by atoms with Crippen LogP contribution in [0.25, 0.3) is 10.2 Å². The first kappa shape index (κ1) is 10.2. The van der Waals surface area contributed by atoms with Crippen LogP contribution in [-0.2, 0) is 6.54 Å². The molecular formula is C8H5F3N2OS. The third-order valence-corrected chi connectivity index (χ3v) is 2.68. The van der Waals surface area contributed by atoms with Crippen molar-refractivity contribution in [2.45, 2.75) is 12.7 Å². The third kappa shape index (κ3) is 2.01. The molecule has 2 heterocycles. The minimum absolute atomic E-state index is 0.252. The van der Waals surface area contributed by atoms with Crippen LogP contribution in [0.4, 0.5) is 13.2 Å². The van der Waals surface area contributed by atoms with E-state index in [0.29, 0.717) is 10.1 Å². The number of hydrogen-bond acceptors (Lipinski definition) is 3. The van der Waals surface area contributed by atoms with Gasteiger partial charge in [0.15, 0.2) is 0 Å². The molecule has 0 saturated heterocycles. The van der Waals surface area contributed by atoms with E-state index in [2.05, 4.69) is 4.98 Å². The van der Waals surface area contributed by atoms with Crippen LogP contribution in [0.1, 0.15) is 0 Å². The second-order valence-corrected chi connectivity index (χ2v) is 3.84. The summed E-state index contributed by atoms with van der Waals surface area (Å²) in [4.78, 5) is 15.3. The van der Waals surface area contributed by atoms with Gasteiger partial charge in [-0.05, 0) is 11.4 Å². The quantitative estimate of drug-likeness (QED) is 0.756. The third-order valence-electron chi connectivity index (χ3n) is 1.79. The zero-order chi connectivity index (χ0) is 11.1. The first-order valence-corrected chi connectivity index (χ1v) is 4.85. The van der Waals surface area contributed by atoms with Crippen molar-refractivity contribution in [1.29, 1.82) is 0 Å². The predicted octanol–water partition coefficient (Wildman–Crippen LogP) is 2.02. The van der Waals surface area contributed by atoms with Crippen molar-refractivity contribution in [3.8, 4) is 0 Å². The lowest BCUT2D eigenvalue weighted by atomic mass is 10.4. The molecule has 0 fully saturated rings. The first-order valence-electron chi connectivity index (χ1n) is 3.97. The summed E-state index contributed by atoms with van der Waals surface area (Å²) in [6, 6.07) is 1.60. The van der Waals surface area contributed by atoms with Crippen LogP contribution in [0, 0.1) is 0 Å². The van der Waals surface area contributed by atoms with Gasteiger partial charge in [0.25, 0.3) is 5.56 Å². The van der Waals surface area contributed by atoms with Crippen molar-refractivity contribution in [2.75, 3.05) is 0 Å². The Morgan fingerprint density at radius 2 is 2.20 bits per heavy atom. The molecule has 0 N–H and O–H groups in total. The number of nitrogens with zero attached hydrogens (tertiary/aromatic N) is 2. The Labute approximate surface area is 85.8 Å². The standard InChI is InChI=1S/C8H5F3N2OS/c9-8(10,11)3-13-4-12-5-1-2-15-6(5)7(13)14/h1-2,4H,3H2. The molecule has 0 saturated carbocycles. The van der Waals surface area contributed by atoms with E-state index >= 15 is 0 Å². The molecule has 3 nitrogen and oxygen atoms in total. The van der Waals surface area contributed by atoms with Crippen molar-refractivity contribution >= 4 is 21.6 Å². The van der Waals surface area contributed by atoms with Crippen LogP contribution in [0.5, 0.6) is 0 Å². The molecule has 0 amide bonds. The van der Waals surface area contributed by atoms with Gasteiger partial charge in [-0.15, -0.1) is 11.3 Å². The van der Waals surface area contributed by atoms with Gasteiger partial charge >= 0.3 is 6.18 Å². The molecular weight excluding hydrogens is 229 g/mol. The average molecular weight is 234 g/mol. The summed E-state index contributed by atoms with van der Waals surface area (Å²) in [5, 5.41) is 1.62. The van der Waals surface area contributed by atoms with Gasteiger partial charge in [0, 0.05) is 0 Å². The smallest absolute Gasteiger partial charge is 0.289 e. The highest BCUT2D eigenvalue weighted by atomic mass is 32.1. The fourth-order valence-electron chi connectivity index (χ4n) is 1.18. The van der Waals surface area contributed by atoms with Crippen molar-refractivity contribution < 1.29 is 13.2 Å². The Morgan fingerprint density at radius 1 is 1.47 bits per heavy atom. The van der Waals surface area contributed by atoms with E-state index in [1.54, 1.807) is 11.4 Å². The predicted molar refractivity (Wildman–Crippen MR) is 49.9 cm³/mol. The van der Waals surface area contributed by atoms with Crippen LogP contribution in [-0.4, -0.2) is 15.7 Å². The highest BCUT2D eigenvalue weighted by Crippen LogP contribution is 2.18. The Morgan fingerprint density at radius 3 is 2.87 bits per heavy atom. The van der Waals surface area contributed by atoms with Crippen LogP contribution in [0.3, 0.4) is 0 Å². The molecule has 15 heavy (non-hydrogen) atoms. The van der Waals surface area contributed by atoms with E-state index in [1.165, 1.54) is 0 Å². The van der Waals surface area contributed by atoms with Crippen molar-refractivity contribution in [1.82, 2.24) is 9.55 Å². The Hall–Kier alpha value is -1.37. The summed E-state index contributed by atoms with van der Waals surface area (Å²) >= 11 is 1.09. The minimum atomic E-state index is -4.41. The van der Waals surface area contributed by atoms with Crippen LogP contribution in [0.2, 0.25) is 0 Å². The molecule has 0 radical (unpaired) electrons. The maximum absolute atomic E-state index is 12.1. The van der Waals surface area contributed by atoms with Crippen LogP contribution < -0.4 is 5.56 Å². The molecule has 0 aliphatic heterocycles. The molecule has 0 aliphatic carbocycles. The molecule has 0 spiro atoms. The van der Waals surface area contributed by atoms with E-state index in [9.17, 15) is 18.0 Å². The van der Waals surface area contributed by atoms with Crippen molar-refractivity contribution in [2.24, 2.45) is 0 Å². The number of aromatic nitrogens is 2. The monoisotopic (exact) mass is 234 g/mol. The zero-order valence-electron chi connectivity index (χ0n) is 7.28. The molecule has 0 aromatic carbocycles. The second-order valence-electron chi connectivity index (χ2n) is 2.93. The van der Waals surface area contributed by atoms with Gasteiger partial charge < -0.3 is 0 Å². The zero-order valence-corrected chi connectivity index (χ0v) is 8.10. The summed E-state index contributed by atoms with van der Waals surface area (Å²) < 4.78 is 37.0. The maximum atomic E-state index is 12.1.